The summed E-state index contributed by atoms with van der Waals surface area (Å²) in [7, 11) is 0. The first-order valence-corrected chi connectivity index (χ1v) is 4.25. The lowest BCUT2D eigenvalue weighted by Crippen LogP contribution is -2.18. The van der Waals surface area contributed by atoms with Gasteiger partial charge < -0.3 is 5.32 Å². The van der Waals surface area contributed by atoms with Crippen molar-refractivity contribution < 1.29 is 4.79 Å². The van der Waals surface area contributed by atoms with E-state index in [4.69, 9.17) is 0 Å². The van der Waals surface area contributed by atoms with Crippen LogP contribution in [0.2, 0.25) is 0 Å². The Balaban J connectivity index is 2.67. The van der Waals surface area contributed by atoms with E-state index in [0.717, 1.165) is 12.1 Å². The van der Waals surface area contributed by atoms with Crippen LogP contribution in [0.4, 0.5) is 0 Å². The van der Waals surface area contributed by atoms with Crippen molar-refractivity contribution in [1.29, 1.82) is 0 Å². The highest BCUT2D eigenvalue weighted by atomic mass is 16.1. The van der Waals surface area contributed by atoms with Crippen LogP contribution in [0, 0.1) is 0 Å². The molecule has 0 aliphatic heterocycles. The Kier molecular flexibility index (Phi) is 3.76. The van der Waals surface area contributed by atoms with E-state index >= 15 is 0 Å². The van der Waals surface area contributed by atoms with Crippen molar-refractivity contribution in [3.63, 3.8) is 0 Å². The molecule has 1 rings (SSSR count). The number of carbonyl (C=O) groups is 1. The van der Waals surface area contributed by atoms with Crippen molar-refractivity contribution in [2.45, 2.75) is 13.3 Å². The maximum absolute atomic E-state index is 10.8. The second kappa shape index (κ2) is 5.14. The van der Waals surface area contributed by atoms with Crippen LogP contribution in [0.25, 0.3) is 0 Å². The van der Waals surface area contributed by atoms with Gasteiger partial charge in [-0.3, -0.25) is 4.79 Å². The van der Waals surface area contributed by atoms with E-state index in [9.17, 15) is 4.79 Å². The smallest absolute Gasteiger partial charge is 0.221 e. The quantitative estimate of drug-likeness (QED) is 0.649. The molecule has 0 bridgehead atoms. The molecule has 1 aliphatic carbocycles. The van der Waals surface area contributed by atoms with Gasteiger partial charge >= 0.3 is 0 Å². The molecular formula is C11H13NO. The third kappa shape index (κ3) is 4.11. The molecule has 0 atom stereocenters. The van der Waals surface area contributed by atoms with Crippen LogP contribution in [0.15, 0.2) is 48.2 Å². The molecular weight excluding hydrogens is 162 g/mol. The molecule has 0 aromatic rings. The van der Waals surface area contributed by atoms with E-state index in [2.05, 4.69) is 5.32 Å². The molecule has 2 heteroatoms. The largest absolute Gasteiger partial charge is 0.330 e. The van der Waals surface area contributed by atoms with Crippen LogP contribution < -0.4 is 5.32 Å². The minimum absolute atomic E-state index is 0.0275. The normalized spacial score (nSPS) is 27.0. The van der Waals surface area contributed by atoms with Gasteiger partial charge in [-0.15, -0.1) is 0 Å². The van der Waals surface area contributed by atoms with Crippen LogP contribution in [0.1, 0.15) is 13.3 Å². The molecule has 1 aliphatic rings. The maximum atomic E-state index is 10.8. The van der Waals surface area contributed by atoms with Gasteiger partial charge in [-0.1, -0.05) is 36.5 Å². The SMILES string of the molecule is CC(=O)N/C1=C/C=C\C=C/C=C\C1. The molecule has 68 valence electrons. The van der Waals surface area contributed by atoms with Gasteiger partial charge in [0, 0.05) is 19.0 Å². The molecule has 0 heterocycles. The van der Waals surface area contributed by atoms with Crippen molar-refractivity contribution in [3.05, 3.63) is 48.2 Å². The van der Waals surface area contributed by atoms with E-state index in [1.165, 1.54) is 6.92 Å². The van der Waals surface area contributed by atoms with Crippen LogP contribution in [-0.2, 0) is 4.79 Å². The Labute approximate surface area is 78.3 Å². The number of amides is 1. The summed E-state index contributed by atoms with van der Waals surface area (Å²) in [5, 5.41) is 2.77. The summed E-state index contributed by atoms with van der Waals surface area (Å²) in [6.45, 7) is 1.51. The lowest BCUT2D eigenvalue weighted by atomic mass is 10.2. The summed E-state index contributed by atoms with van der Waals surface area (Å²) in [6.07, 6.45) is 14.4. The average molecular weight is 175 g/mol. The molecule has 0 saturated carbocycles. The Morgan fingerprint density at radius 3 is 2.69 bits per heavy atom. The molecule has 0 aromatic carbocycles. The minimum Gasteiger partial charge on any atom is -0.330 e. The van der Waals surface area contributed by atoms with Gasteiger partial charge in [0.05, 0.1) is 0 Å². The number of carbonyl (C=O) groups excluding carboxylic acids is 1. The summed E-state index contributed by atoms with van der Waals surface area (Å²) in [4.78, 5) is 10.8. The fourth-order valence-corrected chi connectivity index (χ4v) is 1.02. The van der Waals surface area contributed by atoms with Gasteiger partial charge in [-0.05, 0) is 6.08 Å². The third-order valence-electron chi connectivity index (χ3n) is 1.55. The van der Waals surface area contributed by atoms with E-state index in [1.807, 2.05) is 42.5 Å². The first-order valence-electron chi connectivity index (χ1n) is 4.25. The highest BCUT2D eigenvalue weighted by Gasteiger charge is 1.95. The number of allylic oxidation sites excluding steroid dienone is 7. The Morgan fingerprint density at radius 1 is 1.23 bits per heavy atom. The topological polar surface area (TPSA) is 29.1 Å². The van der Waals surface area contributed by atoms with E-state index in [-0.39, 0.29) is 5.91 Å². The Morgan fingerprint density at radius 2 is 1.92 bits per heavy atom. The fraction of sp³-hybridized carbons (Fsp3) is 0.182. The second-order valence-electron chi connectivity index (χ2n) is 2.78. The lowest BCUT2D eigenvalue weighted by Gasteiger charge is -2.03. The minimum atomic E-state index is -0.0275. The average Bonchev–Trinajstić information content (AvgIpc) is 2.17. The van der Waals surface area contributed by atoms with Crippen molar-refractivity contribution >= 4 is 5.91 Å². The van der Waals surface area contributed by atoms with Crippen LogP contribution in [0.5, 0.6) is 0 Å². The van der Waals surface area contributed by atoms with Gasteiger partial charge in [0.25, 0.3) is 0 Å². The van der Waals surface area contributed by atoms with Crippen molar-refractivity contribution in [1.82, 2.24) is 5.32 Å². The first-order chi connectivity index (χ1) is 6.29. The fourth-order valence-electron chi connectivity index (χ4n) is 1.02. The molecule has 2 nitrogen and oxygen atoms in total. The zero-order valence-electron chi connectivity index (χ0n) is 7.66. The molecule has 0 spiro atoms. The zero-order valence-corrected chi connectivity index (χ0v) is 7.66. The molecule has 1 N–H and O–H groups in total. The summed E-state index contributed by atoms with van der Waals surface area (Å²) in [6, 6.07) is 0. The van der Waals surface area contributed by atoms with Crippen molar-refractivity contribution in [2.75, 3.05) is 0 Å². The predicted molar refractivity (Wildman–Crippen MR) is 53.9 cm³/mol. The molecule has 13 heavy (non-hydrogen) atoms. The van der Waals surface area contributed by atoms with Gasteiger partial charge in [0.15, 0.2) is 0 Å². The van der Waals surface area contributed by atoms with E-state index < -0.39 is 0 Å². The zero-order chi connectivity index (χ0) is 9.52. The highest BCUT2D eigenvalue weighted by Crippen LogP contribution is 2.01. The predicted octanol–water partition coefficient (Wildman–Crippen LogP) is 2.08. The van der Waals surface area contributed by atoms with Gasteiger partial charge in [-0.2, -0.15) is 0 Å². The van der Waals surface area contributed by atoms with Crippen LogP contribution in [-0.4, -0.2) is 5.91 Å². The number of rotatable bonds is 1. The molecule has 0 saturated heterocycles. The Bertz CT molecular complexity index is 295. The van der Waals surface area contributed by atoms with Crippen LogP contribution in [0.3, 0.4) is 0 Å². The number of nitrogens with one attached hydrogen (secondary N) is 1. The number of hydrogen-bond donors (Lipinski definition) is 1. The third-order valence-corrected chi connectivity index (χ3v) is 1.55. The standard InChI is InChI=1S/C11H13NO/c1-10(13)12-11-8-6-4-2-3-5-7-9-11/h2-8H,9H2,1H3,(H,12,13)/b3-2-,6-4-,7-5-,11-8+. The van der Waals surface area contributed by atoms with Crippen LogP contribution >= 0.6 is 0 Å². The maximum Gasteiger partial charge on any atom is 0.221 e. The molecule has 0 radical (unpaired) electrons. The van der Waals surface area contributed by atoms with Gasteiger partial charge in [0.2, 0.25) is 5.91 Å². The Hall–Kier alpha value is -1.57. The van der Waals surface area contributed by atoms with E-state index in [1.54, 1.807) is 0 Å². The summed E-state index contributed by atoms with van der Waals surface area (Å²) in [5.74, 6) is -0.0275. The van der Waals surface area contributed by atoms with Gasteiger partial charge in [-0.25, -0.2) is 0 Å². The van der Waals surface area contributed by atoms with E-state index in [0.29, 0.717) is 0 Å². The highest BCUT2D eigenvalue weighted by molar-refractivity contribution is 5.75. The summed E-state index contributed by atoms with van der Waals surface area (Å²) < 4.78 is 0. The number of hydrogen-bond acceptors (Lipinski definition) is 1. The molecule has 0 aromatic heterocycles. The second-order valence-corrected chi connectivity index (χ2v) is 2.78. The first kappa shape index (κ1) is 9.52. The summed E-state index contributed by atoms with van der Waals surface area (Å²) >= 11 is 0. The van der Waals surface area contributed by atoms with Crippen molar-refractivity contribution in [3.8, 4) is 0 Å². The molecule has 0 fully saturated rings. The summed E-state index contributed by atoms with van der Waals surface area (Å²) in [5.41, 5.74) is 0.920. The lowest BCUT2D eigenvalue weighted by molar-refractivity contribution is -0.118. The van der Waals surface area contributed by atoms with Gasteiger partial charge in [0.1, 0.15) is 0 Å². The van der Waals surface area contributed by atoms with Crippen molar-refractivity contribution in [2.24, 2.45) is 0 Å². The monoisotopic (exact) mass is 175 g/mol. The molecule has 1 amide bonds. The molecule has 0 unspecified atom stereocenters.